The molecular formula is C8H11ClN2O3S. The fraction of sp³-hybridized carbons (Fsp3) is 0.500. The van der Waals surface area contributed by atoms with Crippen LogP contribution in [-0.2, 0) is 11.3 Å². The van der Waals surface area contributed by atoms with Crippen LogP contribution in [0.15, 0.2) is 11.0 Å². The second-order valence-electron chi connectivity index (χ2n) is 2.91. The zero-order valence-electron chi connectivity index (χ0n) is 8.07. The maximum atomic E-state index is 11.0. The Hall–Kier alpha value is -0.690. The van der Waals surface area contributed by atoms with Crippen LogP contribution in [0, 0.1) is 4.77 Å². The van der Waals surface area contributed by atoms with Gasteiger partial charge in [0.2, 0.25) is 0 Å². The molecule has 0 saturated heterocycles. The SMILES string of the molecule is CO[C@H](O)CCn1cc(Cl)c(=O)[nH]c1=S. The molecule has 0 spiro atoms. The molecule has 0 unspecified atom stereocenters. The number of nitrogens with zero attached hydrogens (tertiary/aromatic N) is 1. The third-order valence-corrected chi connectivity index (χ3v) is 2.46. The van der Waals surface area contributed by atoms with Crippen LogP contribution in [0.4, 0.5) is 0 Å². The van der Waals surface area contributed by atoms with Crippen LogP contribution in [0.2, 0.25) is 5.02 Å². The van der Waals surface area contributed by atoms with Crippen molar-refractivity contribution < 1.29 is 9.84 Å². The number of H-pyrrole nitrogens is 1. The lowest BCUT2D eigenvalue weighted by molar-refractivity contribution is -0.0803. The standard InChI is InChI=1S/C8H11ClN2O3S/c1-14-6(12)2-3-11-4-5(9)7(13)10-8(11)15/h4,6,12H,2-3H2,1H3,(H,10,13,15)/t6-/m0/s1. The van der Waals surface area contributed by atoms with Crippen molar-refractivity contribution in [1.29, 1.82) is 0 Å². The molecule has 0 bridgehead atoms. The molecule has 0 aromatic carbocycles. The summed E-state index contributed by atoms with van der Waals surface area (Å²) in [4.78, 5) is 13.5. The van der Waals surface area contributed by atoms with E-state index in [-0.39, 0.29) is 9.79 Å². The first-order valence-corrected chi connectivity index (χ1v) is 5.03. The molecule has 0 aliphatic heterocycles. The average molecular weight is 251 g/mol. The van der Waals surface area contributed by atoms with Crippen molar-refractivity contribution in [3.05, 3.63) is 26.3 Å². The molecule has 1 aromatic rings. The van der Waals surface area contributed by atoms with E-state index in [1.807, 2.05) is 0 Å². The first kappa shape index (κ1) is 12.4. The first-order valence-electron chi connectivity index (χ1n) is 4.24. The molecule has 1 heterocycles. The number of rotatable bonds is 4. The number of aromatic nitrogens is 2. The molecule has 15 heavy (non-hydrogen) atoms. The van der Waals surface area contributed by atoms with Gasteiger partial charge in [0, 0.05) is 26.3 Å². The van der Waals surface area contributed by atoms with E-state index < -0.39 is 11.8 Å². The van der Waals surface area contributed by atoms with Crippen molar-refractivity contribution in [1.82, 2.24) is 9.55 Å². The van der Waals surface area contributed by atoms with Gasteiger partial charge >= 0.3 is 0 Å². The molecule has 0 fully saturated rings. The number of hydrogen-bond acceptors (Lipinski definition) is 4. The lowest BCUT2D eigenvalue weighted by atomic mass is 10.4. The van der Waals surface area contributed by atoms with Crippen LogP contribution in [0.5, 0.6) is 0 Å². The Labute approximate surface area is 96.3 Å². The monoisotopic (exact) mass is 250 g/mol. The predicted octanol–water partition coefficient (Wildman–Crippen LogP) is 0.914. The van der Waals surface area contributed by atoms with Gasteiger partial charge in [-0.3, -0.25) is 9.78 Å². The molecule has 1 aromatic heterocycles. The highest BCUT2D eigenvalue weighted by molar-refractivity contribution is 7.71. The van der Waals surface area contributed by atoms with Gasteiger partial charge < -0.3 is 14.4 Å². The molecular weight excluding hydrogens is 240 g/mol. The summed E-state index contributed by atoms with van der Waals surface area (Å²) in [6, 6.07) is 0. The first-order chi connectivity index (χ1) is 7.04. The van der Waals surface area contributed by atoms with E-state index in [4.69, 9.17) is 28.9 Å². The fourth-order valence-corrected chi connectivity index (χ4v) is 1.42. The van der Waals surface area contributed by atoms with Gasteiger partial charge in [-0.1, -0.05) is 11.6 Å². The Balaban J connectivity index is 2.82. The van der Waals surface area contributed by atoms with Crippen LogP contribution in [0.1, 0.15) is 6.42 Å². The number of aryl methyl sites for hydroxylation is 1. The van der Waals surface area contributed by atoms with Crippen LogP contribution >= 0.6 is 23.8 Å². The molecule has 84 valence electrons. The van der Waals surface area contributed by atoms with Crippen LogP contribution in [-0.4, -0.2) is 28.1 Å². The Morgan fingerprint density at radius 2 is 2.47 bits per heavy atom. The molecule has 1 atom stereocenters. The zero-order valence-corrected chi connectivity index (χ0v) is 9.64. The van der Waals surface area contributed by atoms with Gasteiger partial charge in [-0.25, -0.2) is 0 Å². The number of methoxy groups -OCH3 is 1. The maximum Gasteiger partial charge on any atom is 0.270 e. The van der Waals surface area contributed by atoms with E-state index in [2.05, 4.69) is 9.72 Å². The van der Waals surface area contributed by atoms with Crippen LogP contribution in [0.25, 0.3) is 0 Å². The summed E-state index contributed by atoms with van der Waals surface area (Å²) in [5.74, 6) is 0. The molecule has 1 rings (SSSR count). The summed E-state index contributed by atoms with van der Waals surface area (Å²) < 4.78 is 6.51. The molecule has 5 nitrogen and oxygen atoms in total. The number of aromatic amines is 1. The summed E-state index contributed by atoms with van der Waals surface area (Å²) in [6.45, 7) is 0.421. The van der Waals surface area contributed by atoms with Crippen molar-refractivity contribution >= 4 is 23.8 Å². The van der Waals surface area contributed by atoms with Gasteiger partial charge in [-0.15, -0.1) is 0 Å². The van der Waals surface area contributed by atoms with Gasteiger partial charge in [0.15, 0.2) is 11.1 Å². The fourth-order valence-electron chi connectivity index (χ4n) is 1.02. The molecule has 0 aliphatic carbocycles. The highest BCUT2D eigenvalue weighted by Crippen LogP contribution is 2.02. The Bertz CT molecular complexity index is 442. The van der Waals surface area contributed by atoms with Crippen molar-refractivity contribution in [2.24, 2.45) is 0 Å². The number of hydrogen-bond donors (Lipinski definition) is 2. The van der Waals surface area contributed by atoms with E-state index in [1.54, 1.807) is 4.57 Å². The van der Waals surface area contributed by atoms with Crippen molar-refractivity contribution in [3.8, 4) is 0 Å². The average Bonchev–Trinajstić information content (AvgIpc) is 2.21. The minimum atomic E-state index is -0.849. The summed E-state index contributed by atoms with van der Waals surface area (Å²) in [7, 11) is 1.41. The van der Waals surface area contributed by atoms with Gasteiger partial charge in [-0.2, -0.15) is 0 Å². The van der Waals surface area contributed by atoms with Crippen molar-refractivity contribution in [2.75, 3.05) is 7.11 Å². The van der Waals surface area contributed by atoms with Gasteiger partial charge in [0.25, 0.3) is 5.56 Å². The third kappa shape index (κ3) is 3.42. The molecule has 0 aliphatic rings. The number of aliphatic hydroxyl groups is 1. The number of halogens is 1. The van der Waals surface area contributed by atoms with Gasteiger partial charge in [-0.05, 0) is 12.2 Å². The zero-order chi connectivity index (χ0) is 11.4. The Morgan fingerprint density at radius 1 is 1.80 bits per heavy atom. The minimum absolute atomic E-state index is 0.0653. The Kier molecular flexibility index (Phi) is 4.46. The van der Waals surface area contributed by atoms with E-state index >= 15 is 0 Å². The molecule has 2 N–H and O–H groups in total. The van der Waals surface area contributed by atoms with E-state index in [0.29, 0.717) is 13.0 Å². The molecule has 0 radical (unpaired) electrons. The molecule has 7 heteroatoms. The van der Waals surface area contributed by atoms with Crippen LogP contribution < -0.4 is 5.56 Å². The second-order valence-corrected chi connectivity index (χ2v) is 3.70. The smallest absolute Gasteiger partial charge is 0.270 e. The molecule has 0 amide bonds. The summed E-state index contributed by atoms with van der Waals surface area (Å²) >= 11 is 10.5. The maximum absolute atomic E-state index is 11.0. The minimum Gasteiger partial charge on any atom is -0.368 e. The number of aliphatic hydroxyl groups excluding tert-OH is 1. The normalized spacial score (nSPS) is 12.7. The summed E-state index contributed by atoms with van der Waals surface area (Å²) in [6.07, 6.45) is 0.954. The lowest BCUT2D eigenvalue weighted by Gasteiger charge is -2.10. The number of nitrogens with one attached hydrogen (secondary N) is 1. The Morgan fingerprint density at radius 3 is 3.07 bits per heavy atom. The van der Waals surface area contributed by atoms with E-state index in [1.165, 1.54) is 13.3 Å². The summed E-state index contributed by atoms with van der Waals surface area (Å²) in [5.41, 5.74) is -0.412. The lowest BCUT2D eigenvalue weighted by Crippen LogP contribution is -2.17. The van der Waals surface area contributed by atoms with E-state index in [0.717, 1.165) is 0 Å². The quantitative estimate of drug-likeness (QED) is 0.616. The highest BCUT2D eigenvalue weighted by atomic mass is 35.5. The molecule has 0 saturated carbocycles. The number of ether oxygens (including phenoxy) is 1. The topological polar surface area (TPSA) is 67.2 Å². The predicted molar refractivity (Wildman–Crippen MR) is 58.5 cm³/mol. The van der Waals surface area contributed by atoms with Gasteiger partial charge in [0.05, 0.1) is 0 Å². The van der Waals surface area contributed by atoms with Crippen LogP contribution in [0.3, 0.4) is 0 Å². The highest BCUT2D eigenvalue weighted by Gasteiger charge is 2.04. The third-order valence-electron chi connectivity index (χ3n) is 1.86. The van der Waals surface area contributed by atoms with E-state index in [9.17, 15) is 4.79 Å². The summed E-state index contributed by atoms with van der Waals surface area (Å²) in [5, 5.41) is 9.22. The largest absolute Gasteiger partial charge is 0.368 e. The second kappa shape index (κ2) is 5.41. The van der Waals surface area contributed by atoms with Crippen molar-refractivity contribution in [2.45, 2.75) is 19.3 Å². The van der Waals surface area contributed by atoms with Gasteiger partial charge in [0.1, 0.15) is 5.02 Å². The van der Waals surface area contributed by atoms with Crippen molar-refractivity contribution in [3.63, 3.8) is 0 Å².